The Labute approximate surface area is 251 Å². The Morgan fingerprint density at radius 2 is 1.81 bits per heavy atom. The molecule has 230 valence electrons. The number of nitrogens with one attached hydrogen (secondary N) is 1. The maximum absolute atomic E-state index is 15.0. The van der Waals surface area contributed by atoms with E-state index in [1.165, 1.54) is 43.0 Å². The normalized spacial score (nSPS) is 17.2. The summed E-state index contributed by atoms with van der Waals surface area (Å²) in [7, 11) is 0. The SMILES string of the molecule is CCOC(=O)C1(NCCOCCOc2ccc(N3C(=S)N(c4ccc(C#N)c(C(F)(F)F)c4)C(=O)C3(C)C)cc2F)CC1. The molecule has 0 aromatic heterocycles. The van der Waals surface area contributed by atoms with Crippen molar-refractivity contribution in [2.24, 2.45) is 0 Å². The summed E-state index contributed by atoms with van der Waals surface area (Å²) in [6.45, 7) is 6.04. The molecule has 1 N–H and O–H groups in total. The number of esters is 1. The number of ether oxygens (including phenoxy) is 3. The fraction of sp³-hybridized carbons (Fsp3) is 0.448. The predicted octanol–water partition coefficient (Wildman–Crippen LogP) is 4.71. The van der Waals surface area contributed by atoms with Crippen LogP contribution in [0, 0.1) is 17.1 Å². The van der Waals surface area contributed by atoms with Gasteiger partial charge in [-0.2, -0.15) is 18.4 Å². The fourth-order valence-corrected chi connectivity index (χ4v) is 5.25. The highest BCUT2D eigenvalue weighted by molar-refractivity contribution is 7.81. The van der Waals surface area contributed by atoms with E-state index in [-0.39, 0.29) is 41.4 Å². The van der Waals surface area contributed by atoms with Gasteiger partial charge in [0.05, 0.1) is 42.7 Å². The molecule has 0 atom stereocenters. The number of hydrogen-bond donors (Lipinski definition) is 1. The molecule has 2 aromatic rings. The van der Waals surface area contributed by atoms with Crippen molar-refractivity contribution in [2.45, 2.75) is 50.9 Å². The zero-order valence-corrected chi connectivity index (χ0v) is 24.5. The van der Waals surface area contributed by atoms with E-state index < -0.39 is 40.1 Å². The van der Waals surface area contributed by atoms with Crippen LogP contribution in [0.4, 0.5) is 28.9 Å². The Kier molecular flexibility index (Phi) is 9.29. The molecule has 9 nitrogen and oxygen atoms in total. The lowest BCUT2D eigenvalue weighted by molar-refractivity contribution is -0.147. The molecule has 43 heavy (non-hydrogen) atoms. The Balaban J connectivity index is 1.37. The third-order valence-electron chi connectivity index (χ3n) is 7.14. The summed E-state index contributed by atoms with van der Waals surface area (Å²) >= 11 is 5.48. The highest BCUT2D eigenvalue weighted by Crippen LogP contribution is 2.40. The van der Waals surface area contributed by atoms with E-state index in [0.717, 1.165) is 17.0 Å². The second-order valence-corrected chi connectivity index (χ2v) is 10.8. The summed E-state index contributed by atoms with van der Waals surface area (Å²) in [4.78, 5) is 27.6. The van der Waals surface area contributed by atoms with Crippen molar-refractivity contribution in [1.82, 2.24) is 5.32 Å². The van der Waals surface area contributed by atoms with Crippen LogP contribution in [0.3, 0.4) is 0 Å². The maximum Gasteiger partial charge on any atom is 0.417 e. The molecule has 2 aliphatic rings. The third-order valence-corrected chi connectivity index (χ3v) is 7.51. The maximum atomic E-state index is 15.0. The van der Waals surface area contributed by atoms with Gasteiger partial charge in [0, 0.05) is 18.3 Å². The molecular weight excluding hydrogens is 592 g/mol. The number of nitrogens with zero attached hydrogens (tertiary/aromatic N) is 3. The van der Waals surface area contributed by atoms with Crippen molar-refractivity contribution >= 4 is 40.6 Å². The van der Waals surface area contributed by atoms with E-state index in [9.17, 15) is 22.8 Å². The van der Waals surface area contributed by atoms with Gasteiger partial charge >= 0.3 is 12.1 Å². The second-order valence-electron chi connectivity index (χ2n) is 10.5. The van der Waals surface area contributed by atoms with E-state index in [2.05, 4.69) is 5.32 Å². The van der Waals surface area contributed by atoms with Gasteiger partial charge in [-0.25, -0.2) is 4.39 Å². The van der Waals surface area contributed by atoms with Gasteiger partial charge in [-0.15, -0.1) is 0 Å². The Hall–Kier alpha value is -3.80. The van der Waals surface area contributed by atoms with E-state index >= 15 is 4.39 Å². The summed E-state index contributed by atoms with van der Waals surface area (Å²) in [6.07, 6.45) is -3.40. The molecule has 1 heterocycles. The van der Waals surface area contributed by atoms with E-state index in [1.807, 2.05) is 0 Å². The monoisotopic (exact) mass is 622 g/mol. The fourth-order valence-electron chi connectivity index (χ4n) is 4.73. The van der Waals surface area contributed by atoms with Gasteiger partial charge in [0.25, 0.3) is 5.91 Å². The molecule has 0 radical (unpaired) electrons. The van der Waals surface area contributed by atoms with Crippen molar-refractivity contribution in [2.75, 3.05) is 42.8 Å². The van der Waals surface area contributed by atoms with Crippen LogP contribution in [0.2, 0.25) is 0 Å². The molecule has 1 saturated carbocycles. The van der Waals surface area contributed by atoms with Crippen LogP contribution in [-0.2, 0) is 25.2 Å². The molecule has 4 rings (SSSR count). The zero-order valence-electron chi connectivity index (χ0n) is 23.7. The molecule has 2 fully saturated rings. The van der Waals surface area contributed by atoms with Gasteiger partial charge in [-0.05, 0) is 76.2 Å². The summed E-state index contributed by atoms with van der Waals surface area (Å²) in [5, 5.41) is 12.1. The second kappa shape index (κ2) is 12.4. The van der Waals surface area contributed by atoms with Gasteiger partial charge in [0.15, 0.2) is 16.7 Å². The number of anilines is 2. The number of halogens is 4. The standard InChI is InChI=1S/C29H30F4N4O5S/c1-4-41-25(39)28(9-10-28)35-11-12-40-13-14-42-23-8-7-20(16-22(23)30)37-26(43)36(24(38)27(37,2)3)19-6-5-18(17-34)21(15-19)29(31,32)33/h5-8,15-16,35H,4,9-14H2,1-3H3. The summed E-state index contributed by atoms with van der Waals surface area (Å²) in [5.74, 6) is -1.71. The van der Waals surface area contributed by atoms with E-state index in [4.69, 9.17) is 31.7 Å². The molecule has 1 aliphatic heterocycles. The van der Waals surface area contributed by atoms with Crippen LogP contribution in [0.25, 0.3) is 0 Å². The first-order valence-corrected chi connectivity index (χ1v) is 13.9. The van der Waals surface area contributed by atoms with Crippen molar-refractivity contribution in [1.29, 1.82) is 5.26 Å². The van der Waals surface area contributed by atoms with Crippen molar-refractivity contribution in [3.63, 3.8) is 0 Å². The van der Waals surface area contributed by atoms with Crippen LogP contribution in [0.15, 0.2) is 36.4 Å². The zero-order chi connectivity index (χ0) is 31.6. The molecule has 1 amide bonds. The number of nitriles is 1. The number of carbonyl (C=O) groups excluding carboxylic acids is 2. The average Bonchev–Trinajstić information content (AvgIpc) is 3.71. The van der Waals surface area contributed by atoms with Crippen LogP contribution in [0.5, 0.6) is 5.75 Å². The first-order valence-electron chi connectivity index (χ1n) is 13.5. The number of thiocarbonyl (C=S) groups is 1. The van der Waals surface area contributed by atoms with Gasteiger partial charge < -0.3 is 19.1 Å². The van der Waals surface area contributed by atoms with Gasteiger partial charge in [-0.1, -0.05) is 0 Å². The highest BCUT2D eigenvalue weighted by atomic mass is 32.1. The quantitative estimate of drug-likeness (QED) is 0.156. The molecule has 1 saturated heterocycles. The van der Waals surface area contributed by atoms with Gasteiger partial charge in [-0.3, -0.25) is 19.8 Å². The summed E-state index contributed by atoms with van der Waals surface area (Å²) in [6, 6.07) is 8.34. The Morgan fingerprint density at radius 3 is 2.42 bits per heavy atom. The Bertz CT molecular complexity index is 1460. The van der Waals surface area contributed by atoms with Crippen LogP contribution >= 0.6 is 12.2 Å². The molecule has 1 aliphatic carbocycles. The smallest absolute Gasteiger partial charge is 0.417 e. The van der Waals surface area contributed by atoms with E-state index in [1.54, 1.807) is 6.92 Å². The van der Waals surface area contributed by atoms with Crippen molar-refractivity contribution < 1.29 is 41.4 Å². The third kappa shape index (κ3) is 6.58. The minimum absolute atomic E-state index is 0.0411. The molecular formula is C29H30F4N4O5S. The summed E-state index contributed by atoms with van der Waals surface area (Å²) < 4.78 is 71.7. The van der Waals surface area contributed by atoms with E-state index in [0.29, 0.717) is 38.7 Å². The predicted molar refractivity (Wildman–Crippen MR) is 152 cm³/mol. The molecule has 0 unspecified atom stereocenters. The van der Waals surface area contributed by atoms with Crippen LogP contribution in [0.1, 0.15) is 44.7 Å². The lowest BCUT2D eigenvalue weighted by atomic mass is 10.0. The summed E-state index contributed by atoms with van der Waals surface area (Å²) in [5.41, 5.74) is -3.75. The van der Waals surface area contributed by atoms with Crippen molar-refractivity contribution in [3.8, 4) is 11.8 Å². The van der Waals surface area contributed by atoms with Gasteiger partial charge in [0.1, 0.15) is 17.7 Å². The number of benzene rings is 2. The first-order chi connectivity index (χ1) is 20.3. The minimum atomic E-state index is -4.83. The Morgan fingerprint density at radius 1 is 1.12 bits per heavy atom. The average molecular weight is 623 g/mol. The number of alkyl halides is 3. The number of rotatable bonds is 12. The van der Waals surface area contributed by atoms with Crippen LogP contribution < -0.4 is 19.9 Å². The number of amides is 1. The largest absolute Gasteiger partial charge is 0.488 e. The number of carbonyl (C=O) groups is 2. The van der Waals surface area contributed by atoms with Crippen LogP contribution in [-0.4, -0.2) is 61.0 Å². The number of hydrogen-bond acceptors (Lipinski definition) is 8. The first kappa shape index (κ1) is 32.1. The van der Waals surface area contributed by atoms with Gasteiger partial charge in [0.2, 0.25) is 0 Å². The highest BCUT2D eigenvalue weighted by Gasteiger charge is 2.51. The molecule has 14 heteroatoms. The lowest BCUT2D eigenvalue weighted by Gasteiger charge is -2.29. The molecule has 2 aromatic carbocycles. The van der Waals surface area contributed by atoms with Crippen molar-refractivity contribution in [3.05, 3.63) is 53.3 Å². The molecule has 0 bridgehead atoms. The topological polar surface area (TPSA) is 104 Å². The lowest BCUT2D eigenvalue weighted by Crippen LogP contribution is -2.44. The minimum Gasteiger partial charge on any atom is -0.488 e. The molecule has 0 spiro atoms.